The van der Waals surface area contributed by atoms with Crippen LogP contribution < -0.4 is 0 Å². The summed E-state index contributed by atoms with van der Waals surface area (Å²) in [6.07, 6.45) is 6.94. The van der Waals surface area contributed by atoms with E-state index in [1.807, 2.05) is 18.2 Å². The van der Waals surface area contributed by atoms with Crippen molar-refractivity contribution in [3.63, 3.8) is 0 Å². The van der Waals surface area contributed by atoms with Gasteiger partial charge < -0.3 is 5.11 Å². The fraction of sp³-hybridized carbons (Fsp3) is 0.429. The van der Waals surface area contributed by atoms with Crippen molar-refractivity contribution in [3.8, 4) is 0 Å². The molecular formula is C14H18OS. The van der Waals surface area contributed by atoms with Gasteiger partial charge in [0.2, 0.25) is 0 Å². The second-order valence-electron chi connectivity index (χ2n) is 4.39. The molecule has 0 amide bonds. The van der Waals surface area contributed by atoms with Gasteiger partial charge in [0, 0.05) is 10.8 Å². The molecule has 0 bridgehead atoms. The minimum atomic E-state index is -0.682. The van der Waals surface area contributed by atoms with E-state index in [-0.39, 0.29) is 5.92 Å². The highest BCUT2D eigenvalue weighted by atomic mass is 32.2. The zero-order valence-corrected chi connectivity index (χ0v) is 10.5. The smallest absolute Gasteiger partial charge is 0.0958 e. The number of aliphatic hydroxyl groups is 1. The molecule has 1 aliphatic carbocycles. The molecule has 1 saturated carbocycles. The average Bonchev–Trinajstić information content (AvgIpc) is 2.72. The molecule has 16 heavy (non-hydrogen) atoms. The maximum Gasteiger partial charge on any atom is 0.0958 e. The van der Waals surface area contributed by atoms with Gasteiger partial charge in [0.25, 0.3) is 0 Å². The van der Waals surface area contributed by atoms with E-state index in [1.165, 1.54) is 4.90 Å². The van der Waals surface area contributed by atoms with Gasteiger partial charge in [-0.1, -0.05) is 18.2 Å². The number of benzene rings is 1. The van der Waals surface area contributed by atoms with Crippen molar-refractivity contribution in [2.24, 2.45) is 5.92 Å². The summed E-state index contributed by atoms with van der Waals surface area (Å²) in [5.74, 6) is 0.202. The number of hydrogen-bond acceptors (Lipinski definition) is 2. The van der Waals surface area contributed by atoms with Gasteiger partial charge in [0.1, 0.15) is 0 Å². The lowest BCUT2D eigenvalue weighted by Gasteiger charge is -2.28. The molecule has 0 saturated heterocycles. The van der Waals surface area contributed by atoms with Crippen LogP contribution in [0.4, 0.5) is 0 Å². The Morgan fingerprint density at radius 1 is 1.44 bits per heavy atom. The van der Waals surface area contributed by atoms with Crippen LogP contribution in [0.1, 0.15) is 24.8 Å². The zero-order valence-electron chi connectivity index (χ0n) is 9.65. The van der Waals surface area contributed by atoms with E-state index in [1.54, 1.807) is 11.8 Å². The van der Waals surface area contributed by atoms with Crippen molar-refractivity contribution in [1.82, 2.24) is 0 Å². The Morgan fingerprint density at radius 2 is 2.12 bits per heavy atom. The summed E-state index contributed by atoms with van der Waals surface area (Å²) < 4.78 is 0. The highest BCUT2D eigenvalue weighted by molar-refractivity contribution is 7.98. The molecule has 1 aliphatic rings. The molecule has 0 radical (unpaired) electrons. The lowest BCUT2D eigenvalue weighted by atomic mass is 9.84. The van der Waals surface area contributed by atoms with E-state index < -0.39 is 5.60 Å². The molecular weight excluding hydrogens is 216 g/mol. The predicted octanol–water partition coefficient (Wildman–Crippen LogP) is 3.58. The molecule has 1 aromatic rings. The van der Waals surface area contributed by atoms with Gasteiger partial charge in [-0.15, -0.1) is 18.3 Å². The number of hydrogen-bond donors (Lipinski definition) is 1. The summed E-state index contributed by atoms with van der Waals surface area (Å²) in [6, 6.07) is 8.26. The molecule has 2 atom stereocenters. The van der Waals surface area contributed by atoms with E-state index >= 15 is 0 Å². The Hall–Kier alpha value is -0.730. The number of thioether (sulfide) groups is 1. The highest BCUT2D eigenvalue weighted by Gasteiger charge is 2.40. The molecule has 1 fully saturated rings. The average molecular weight is 234 g/mol. The van der Waals surface area contributed by atoms with Crippen molar-refractivity contribution in [3.05, 3.63) is 42.5 Å². The van der Waals surface area contributed by atoms with Crippen LogP contribution in [0.5, 0.6) is 0 Å². The summed E-state index contributed by atoms with van der Waals surface area (Å²) in [4.78, 5) is 1.24. The molecule has 86 valence electrons. The van der Waals surface area contributed by atoms with E-state index in [9.17, 15) is 5.11 Å². The molecule has 0 spiro atoms. The van der Waals surface area contributed by atoms with Gasteiger partial charge in [0.15, 0.2) is 0 Å². The minimum absolute atomic E-state index is 0.202. The molecule has 1 N–H and O–H groups in total. The molecule has 0 unspecified atom stereocenters. The summed E-state index contributed by atoms with van der Waals surface area (Å²) in [5, 5.41) is 10.7. The Balaban J connectivity index is 2.31. The van der Waals surface area contributed by atoms with Gasteiger partial charge in [-0.25, -0.2) is 0 Å². The first kappa shape index (κ1) is 11.7. The Morgan fingerprint density at radius 3 is 2.69 bits per heavy atom. The summed E-state index contributed by atoms with van der Waals surface area (Å²) >= 11 is 1.72. The first-order valence-electron chi connectivity index (χ1n) is 5.70. The normalized spacial score (nSPS) is 29.2. The summed E-state index contributed by atoms with van der Waals surface area (Å²) in [7, 11) is 0. The first-order valence-corrected chi connectivity index (χ1v) is 6.92. The van der Waals surface area contributed by atoms with Crippen molar-refractivity contribution in [2.75, 3.05) is 6.26 Å². The van der Waals surface area contributed by atoms with Crippen LogP contribution in [-0.4, -0.2) is 11.4 Å². The van der Waals surface area contributed by atoms with Crippen LogP contribution in [0.2, 0.25) is 0 Å². The van der Waals surface area contributed by atoms with Crippen LogP contribution in [0.25, 0.3) is 0 Å². The Kier molecular flexibility index (Phi) is 3.41. The van der Waals surface area contributed by atoms with E-state index in [0.29, 0.717) is 0 Å². The van der Waals surface area contributed by atoms with Crippen molar-refractivity contribution >= 4 is 11.8 Å². The van der Waals surface area contributed by atoms with Gasteiger partial charge in [-0.2, -0.15) is 0 Å². The third-order valence-electron chi connectivity index (χ3n) is 3.56. The molecule has 1 nitrogen and oxygen atoms in total. The summed E-state index contributed by atoms with van der Waals surface area (Å²) in [5.41, 5.74) is 0.353. The second kappa shape index (κ2) is 4.64. The van der Waals surface area contributed by atoms with Crippen molar-refractivity contribution in [2.45, 2.75) is 29.8 Å². The quantitative estimate of drug-likeness (QED) is 0.637. The third-order valence-corrected chi connectivity index (χ3v) is 4.30. The lowest BCUT2D eigenvalue weighted by molar-refractivity contribution is 0.0150. The maximum absolute atomic E-state index is 10.7. The molecule has 1 aromatic carbocycles. The topological polar surface area (TPSA) is 20.2 Å². The molecule has 0 heterocycles. The highest BCUT2D eigenvalue weighted by Crippen LogP contribution is 2.44. The zero-order chi connectivity index (χ0) is 11.6. The Bertz CT molecular complexity index is 371. The third kappa shape index (κ3) is 1.92. The van der Waals surface area contributed by atoms with Crippen LogP contribution in [0.15, 0.2) is 41.8 Å². The molecule has 2 heteroatoms. The van der Waals surface area contributed by atoms with E-state index in [2.05, 4.69) is 25.0 Å². The maximum atomic E-state index is 10.7. The fourth-order valence-electron chi connectivity index (χ4n) is 2.57. The van der Waals surface area contributed by atoms with Gasteiger partial charge in [0.05, 0.1) is 5.60 Å². The fourth-order valence-corrected chi connectivity index (χ4v) is 2.97. The lowest BCUT2D eigenvalue weighted by Crippen LogP contribution is -2.28. The van der Waals surface area contributed by atoms with Crippen LogP contribution in [0.3, 0.4) is 0 Å². The predicted molar refractivity (Wildman–Crippen MR) is 69.7 cm³/mol. The van der Waals surface area contributed by atoms with Crippen molar-refractivity contribution in [1.29, 1.82) is 0 Å². The number of rotatable bonds is 3. The van der Waals surface area contributed by atoms with Crippen LogP contribution in [0, 0.1) is 5.92 Å². The molecule has 0 aromatic heterocycles. The monoisotopic (exact) mass is 234 g/mol. The van der Waals surface area contributed by atoms with Gasteiger partial charge >= 0.3 is 0 Å². The molecule has 0 aliphatic heterocycles. The van der Waals surface area contributed by atoms with Gasteiger partial charge in [-0.05, 0) is 43.2 Å². The largest absolute Gasteiger partial charge is 0.385 e. The first-order chi connectivity index (χ1) is 7.70. The Labute approximate surface area is 102 Å². The van der Waals surface area contributed by atoms with E-state index in [0.717, 1.165) is 24.8 Å². The van der Waals surface area contributed by atoms with Crippen LogP contribution >= 0.6 is 11.8 Å². The van der Waals surface area contributed by atoms with E-state index in [4.69, 9.17) is 0 Å². The minimum Gasteiger partial charge on any atom is -0.385 e. The SMILES string of the molecule is C=C[C@H]1CCC[C@]1(O)c1ccc(SC)cc1. The second-order valence-corrected chi connectivity index (χ2v) is 5.27. The van der Waals surface area contributed by atoms with Crippen LogP contribution in [-0.2, 0) is 5.60 Å². The van der Waals surface area contributed by atoms with Gasteiger partial charge in [-0.3, -0.25) is 0 Å². The summed E-state index contributed by atoms with van der Waals surface area (Å²) in [6.45, 7) is 3.83. The van der Waals surface area contributed by atoms with Crippen molar-refractivity contribution < 1.29 is 5.11 Å². The molecule has 2 rings (SSSR count). The standard InChI is InChI=1S/C14H18OS/c1-3-11-5-4-10-14(11,15)12-6-8-13(16-2)9-7-12/h3,6-9,11,15H,1,4-5,10H2,2H3/t11-,14+/m0/s1.